The molecule has 0 saturated carbocycles. The van der Waals surface area contributed by atoms with Gasteiger partial charge in [-0.2, -0.15) is 4.31 Å². The molecule has 0 radical (unpaired) electrons. The number of nitrogens with one attached hydrogen (secondary N) is 1. The smallest absolute Gasteiger partial charge is 0.243 e. The number of ether oxygens (including phenoxy) is 1. The first-order chi connectivity index (χ1) is 8.96. The second-order valence-corrected chi connectivity index (χ2v) is 6.66. The molecule has 1 atom stereocenters. The van der Waals surface area contributed by atoms with Gasteiger partial charge in [-0.05, 0) is 37.6 Å². The summed E-state index contributed by atoms with van der Waals surface area (Å²) in [5, 5.41) is 3.19. The Morgan fingerprint density at radius 1 is 1.42 bits per heavy atom. The highest BCUT2D eigenvalue weighted by Gasteiger charge is 2.31. The van der Waals surface area contributed by atoms with Gasteiger partial charge in [0, 0.05) is 25.7 Å². The van der Waals surface area contributed by atoms with Crippen LogP contribution < -0.4 is 10.1 Å². The molecule has 0 aromatic heterocycles. The van der Waals surface area contributed by atoms with Crippen LogP contribution in [0.2, 0.25) is 0 Å². The van der Waals surface area contributed by atoms with Gasteiger partial charge in [-0.1, -0.05) is 0 Å². The van der Waals surface area contributed by atoms with Gasteiger partial charge in [-0.3, -0.25) is 0 Å². The highest BCUT2D eigenvalue weighted by atomic mass is 32.2. The van der Waals surface area contributed by atoms with Gasteiger partial charge in [0.2, 0.25) is 10.0 Å². The quantitative estimate of drug-likeness (QED) is 0.899. The maximum atomic E-state index is 12.7. The molecule has 2 rings (SSSR count). The number of hydrogen-bond acceptors (Lipinski definition) is 4. The predicted octanol–water partition coefficient (Wildman–Crippen LogP) is 0.986. The second-order valence-electron chi connectivity index (χ2n) is 4.80. The van der Waals surface area contributed by atoms with E-state index in [2.05, 4.69) is 5.32 Å². The Kier molecular flexibility index (Phi) is 4.13. The van der Waals surface area contributed by atoms with Crippen molar-refractivity contribution >= 4 is 10.0 Å². The summed E-state index contributed by atoms with van der Waals surface area (Å²) in [6.07, 6.45) is 0. The zero-order valence-electron chi connectivity index (χ0n) is 11.5. The summed E-state index contributed by atoms with van der Waals surface area (Å²) in [7, 11) is -1.86. The molecule has 1 aliphatic rings. The summed E-state index contributed by atoms with van der Waals surface area (Å²) in [5.41, 5.74) is 0.713. The zero-order chi connectivity index (χ0) is 14.0. The first-order valence-electron chi connectivity index (χ1n) is 6.34. The number of nitrogens with zero attached hydrogens (tertiary/aromatic N) is 1. The molecule has 6 heteroatoms. The molecule has 1 aromatic rings. The summed E-state index contributed by atoms with van der Waals surface area (Å²) in [4.78, 5) is 0.363. The highest BCUT2D eigenvalue weighted by molar-refractivity contribution is 7.89. The van der Waals surface area contributed by atoms with Crippen molar-refractivity contribution in [1.82, 2.24) is 9.62 Å². The molecule has 1 aromatic carbocycles. The van der Waals surface area contributed by atoms with Gasteiger partial charge < -0.3 is 10.1 Å². The van der Waals surface area contributed by atoms with Crippen molar-refractivity contribution in [2.24, 2.45) is 0 Å². The second kappa shape index (κ2) is 5.48. The van der Waals surface area contributed by atoms with Gasteiger partial charge in [-0.25, -0.2) is 8.42 Å². The van der Waals surface area contributed by atoms with E-state index in [1.54, 1.807) is 36.5 Å². The lowest BCUT2D eigenvalue weighted by atomic mass is 10.2. The third-order valence-electron chi connectivity index (χ3n) is 3.41. The monoisotopic (exact) mass is 284 g/mol. The van der Waals surface area contributed by atoms with Crippen LogP contribution in [-0.4, -0.2) is 45.5 Å². The lowest BCUT2D eigenvalue weighted by Crippen LogP contribution is -2.52. The number of piperazine rings is 1. The van der Waals surface area contributed by atoms with Gasteiger partial charge in [0.1, 0.15) is 5.75 Å². The Bertz CT molecular complexity index is 557. The Balaban J connectivity index is 2.38. The molecule has 1 unspecified atom stereocenters. The van der Waals surface area contributed by atoms with Crippen LogP contribution in [0.3, 0.4) is 0 Å². The molecule has 1 aliphatic heterocycles. The maximum absolute atomic E-state index is 12.7. The zero-order valence-corrected chi connectivity index (χ0v) is 12.3. The van der Waals surface area contributed by atoms with Crippen LogP contribution in [0.4, 0.5) is 0 Å². The van der Waals surface area contributed by atoms with E-state index in [1.165, 1.54) is 0 Å². The Hall–Kier alpha value is -1.11. The van der Waals surface area contributed by atoms with Gasteiger partial charge in [0.15, 0.2) is 0 Å². The van der Waals surface area contributed by atoms with Crippen molar-refractivity contribution in [3.05, 3.63) is 23.8 Å². The van der Waals surface area contributed by atoms with E-state index in [9.17, 15) is 8.42 Å². The van der Waals surface area contributed by atoms with Crippen LogP contribution in [0.5, 0.6) is 5.75 Å². The van der Waals surface area contributed by atoms with Crippen LogP contribution in [0.1, 0.15) is 12.5 Å². The van der Waals surface area contributed by atoms with Crippen molar-refractivity contribution in [3.63, 3.8) is 0 Å². The average Bonchev–Trinajstić information content (AvgIpc) is 2.38. The van der Waals surface area contributed by atoms with E-state index < -0.39 is 10.0 Å². The SMILES string of the molecule is COc1ccc(S(=O)(=O)N2CCNCC2C)c(C)c1. The first-order valence-corrected chi connectivity index (χ1v) is 7.78. The number of sulfonamides is 1. The Morgan fingerprint density at radius 2 is 2.16 bits per heavy atom. The number of hydrogen-bond donors (Lipinski definition) is 1. The minimum absolute atomic E-state index is 0.0275. The van der Waals surface area contributed by atoms with Crippen LogP contribution in [0.15, 0.2) is 23.1 Å². The minimum atomic E-state index is -3.43. The van der Waals surface area contributed by atoms with Gasteiger partial charge >= 0.3 is 0 Å². The summed E-state index contributed by atoms with van der Waals surface area (Å²) in [5.74, 6) is 0.671. The third kappa shape index (κ3) is 2.75. The molecule has 5 nitrogen and oxygen atoms in total. The topological polar surface area (TPSA) is 58.6 Å². The largest absolute Gasteiger partial charge is 0.497 e. The van der Waals surface area contributed by atoms with E-state index in [-0.39, 0.29) is 6.04 Å². The lowest BCUT2D eigenvalue weighted by Gasteiger charge is -2.33. The normalized spacial score (nSPS) is 21.3. The predicted molar refractivity (Wildman–Crippen MR) is 74.0 cm³/mol. The van der Waals surface area contributed by atoms with E-state index in [4.69, 9.17) is 4.74 Å². The fourth-order valence-electron chi connectivity index (χ4n) is 2.34. The standard InChI is InChI=1S/C13H20N2O3S/c1-10-8-12(18-3)4-5-13(10)19(16,17)15-7-6-14-9-11(15)2/h4-5,8,11,14H,6-7,9H2,1-3H3. The van der Waals surface area contributed by atoms with Gasteiger partial charge in [0.05, 0.1) is 12.0 Å². The maximum Gasteiger partial charge on any atom is 0.243 e. The van der Waals surface area contributed by atoms with E-state index in [0.29, 0.717) is 35.8 Å². The van der Waals surface area contributed by atoms with Crippen LogP contribution in [0.25, 0.3) is 0 Å². The van der Waals surface area contributed by atoms with Crippen LogP contribution in [0, 0.1) is 6.92 Å². The molecular formula is C13H20N2O3S. The van der Waals surface area contributed by atoms with Crippen molar-refractivity contribution < 1.29 is 13.2 Å². The summed E-state index contributed by atoms with van der Waals surface area (Å²) >= 11 is 0. The molecule has 106 valence electrons. The van der Waals surface area contributed by atoms with Crippen molar-refractivity contribution in [2.75, 3.05) is 26.7 Å². The molecule has 1 fully saturated rings. The van der Waals surface area contributed by atoms with Gasteiger partial charge in [0.25, 0.3) is 0 Å². The van der Waals surface area contributed by atoms with Gasteiger partial charge in [-0.15, -0.1) is 0 Å². The van der Waals surface area contributed by atoms with E-state index >= 15 is 0 Å². The lowest BCUT2D eigenvalue weighted by molar-refractivity contribution is 0.283. The number of methoxy groups -OCH3 is 1. The molecule has 1 N–H and O–H groups in total. The van der Waals surface area contributed by atoms with Crippen LogP contribution >= 0.6 is 0 Å². The molecule has 19 heavy (non-hydrogen) atoms. The average molecular weight is 284 g/mol. The fourth-order valence-corrected chi connectivity index (χ4v) is 4.18. The number of benzene rings is 1. The number of rotatable bonds is 3. The fraction of sp³-hybridized carbons (Fsp3) is 0.538. The molecule has 1 heterocycles. The summed E-state index contributed by atoms with van der Waals surface area (Å²) < 4.78 is 32.0. The van der Waals surface area contributed by atoms with E-state index in [1.807, 2.05) is 6.92 Å². The van der Waals surface area contributed by atoms with Crippen LogP contribution in [-0.2, 0) is 10.0 Å². The first kappa shape index (κ1) is 14.3. The third-order valence-corrected chi connectivity index (χ3v) is 5.58. The molecule has 1 saturated heterocycles. The molecule has 0 bridgehead atoms. The molecule has 0 spiro atoms. The summed E-state index contributed by atoms with van der Waals surface area (Å²) in [6.45, 7) is 5.60. The van der Waals surface area contributed by atoms with E-state index in [0.717, 1.165) is 0 Å². The van der Waals surface area contributed by atoms with Crippen molar-refractivity contribution in [2.45, 2.75) is 24.8 Å². The summed E-state index contributed by atoms with van der Waals surface area (Å²) in [6, 6.07) is 5.03. The van der Waals surface area contributed by atoms with Crippen molar-refractivity contribution in [1.29, 1.82) is 0 Å². The highest BCUT2D eigenvalue weighted by Crippen LogP contribution is 2.25. The Labute approximate surface area is 114 Å². The minimum Gasteiger partial charge on any atom is -0.497 e. The number of aryl methyl sites for hydroxylation is 1. The molecule has 0 aliphatic carbocycles. The molecule has 0 amide bonds. The molecular weight excluding hydrogens is 264 g/mol. The van der Waals surface area contributed by atoms with Crippen molar-refractivity contribution in [3.8, 4) is 5.75 Å². The Morgan fingerprint density at radius 3 is 2.74 bits per heavy atom.